The van der Waals surface area contributed by atoms with E-state index in [1.165, 1.54) is 17.3 Å². The highest BCUT2D eigenvalue weighted by atomic mass is 28.3. The number of carbonyl (C=O) groups is 1. The summed E-state index contributed by atoms with van der Waals surface area (Å²) in [6, 6.07) is 1.42. The predicted octanol–water partition coefficient (Wildman–Crippen LogP) is 4.76. The number of likely N-dealkylation sites (tertiary alicyclic amines) is 1. The van der Waals surface area contributed by atoms with Crippen LogP contribution in [0.4, 0.5) is 4.79 Å². The third kappa shape index (κ3) is 9.19. The van der Waals surface area contributed by atoms with Gasteiger partial charge in [0, 0.05) is 45.9 Å². The summed E-state index contributed by atoms with van der Waals surface area (Å²) >= 11 is 0. The Morgan fingerprint density at radius 1 is 1.20 bits per heavy atom. The minimum Gasteiger partial charge on any atom is -0.444 e. The lowest BCUT2D eigenvalue weighted by molar-refractivity contribution is -0.0201. The topological polar surface area (TPSA) is 77.9 Å². The molecule has 0 bridgehead atoms. The molecule has 0 radical (unpaired) electrons. The van der Waals surface area contributed by atoms with Crippen LogP contribution in [0.2, 0.25) is 25.7 Å². The van der Waals surface area contributed by atoms with E-state index in [4.69, 9.17) is 19.3 Å². The summed E-state index contributed by atoms with van der Waals surface area (Å²) in [4.78, 5) is 14.1. The molecule has 3 heterocycles. The van der Waals surface area contributed by atoms with E-state index in [2.05, 4.69) is 38.1 Å². The fraction of sp³-hybridized carbons (Fsp3) is 0.846. The van der Waals surface area contributed by atoms with Crippen LogP contribution in [-0.4, -0.2) is 79.4 Å². The molecule has 35 heavy (non-hydrogen) atoms. The summed E-state index contributed by atoms with van der Waals surface area (Å²) in [6.45, 7) is 19.3. The molecule has 1 N–H and O–H groups in total. The molecule has 1 amide bonds. The minimum atomic E-state index is -1.08. The molecular formula is C26H48N4O4Si. The second-order valence-electron chi connectivity index (χ2n) is 12.4. The Labute approximate surface area is 213 Å². The molecule has 9 heteroatoms. The van der Waals surface area contributed by atoms with Crippen molar-refractivity contribution in [2.75, 3.05) is 32.8 Å². The smallest absolute Gasteiger partial charge is 0.410 e. The van der Waals surface area contributed by atoms with Gasteiger partial charge < -0.3 is 24.4 Å². The van der Waals surface area contributed by atoms with Gasteiger partial charge in [-0.1, -0.05) is 19.6 Å². The summed E-state index contributed by atoms with van der Waals surface area (Å²) < 4.78 is 19.7. The highest BCUT2D eigenvalue weighted by molar-refractivity contribution is 6.76. The second-order valence-corrected chi connectivity index (χ2v) is 18.0. The molecule has 0 spiro atoms. The van der Waals surface area contributed by atoms with Gasteiger partial charge in [-0.05, 0) is 71.5 Å². The number of nitrogens with one attached hydrogen (secondary N) is 1. The van der Waals surface area contributed by atoms with E-state index in [-0.39, 0.29) is 18.2 Å². The van der Waals surface area contributed by atoms with E-state index in [1.807, 2.05) is 25.5 Å². The Morgan fingerprint density at radius 3 is 2.57 bits per heavy atom. The van der Waals surface area contributed by atoms with Gasteiger partial charge in [-0.25, -0.2) is 9.48 Å². The van der Waals surface area contributed by atoms with Crippen molar-refractivity contribution in [2.24, 2.45) is 0 Å². The van der Waals surface area contributed by atoms with Gasteiger partial charge in [0.1, 0.15) is 12.3 Å². The average molecular weight is 509 g/mol. The lowest BCUT2D eigenvalue weighted by Crippen LogP contribution is -2.46. The molecular weight excluding hydrogens is 460 g/mol. The molecule has 2 fully saturated rings. The van der Waals surface area contributed by atoms with Crippen LogP contribution in [0, 0.1) is 6.92 Å². The number of hydrogen-bond acceptors (Lipinski definition) is 6. The highest BCUT2D eigenvalue weighted by Gasteiger charge is 2.32. The van der Waals surface area contributed by atoms with E-state index < -0.39 is 13.7 Å². The number of hydrogen-bond donors (Lipinski definition) is 1. The molecule has 1 aromatic rings. The molecule has 200 valence electrons. The van der Waals surface area contributed by atoms with Gasteiger partial charge in [0.05, 0.1) is 18.4 Å². The number of aromatic nitrogens is 2. The highest BCUT2D eigenvalue weighted by Crippen LogP contribution is 2.30. The number of ether oxygens (including phenoxy) is 3. The maximum atomic E-state index is 12.3. The Bertz CT molecular complexity index is 809. The molecule has 1 aromatic heterocycles. The predicted molar refractivity (Wildman–Crippen MR) is 142 cm³/mol. The van der Waals surface area contributed by atoms with E-state index in [0.29, 0.717) is 32.3 Å². The lowest BCUT2D eigenvalue weighted by atomic mass is 9.87. The van der Waals surface area contributed by atoms with Crippen LogP contribution in [0.15, 0.2) is 6.20 Å². The number of nitrogens with zero attached hydrogens (tertiary/aromatic N) is 3. The van der Waals surface area contributed by atoms with Crippen molar-refractivity contribution in [1.82, 2.24) is 20.0 Å². The lowest BCUT2D eigenvalue weighted by Gasteiger charge is -2.36. The fourth-order valence-electron chi connectivity index (χ4n) is 4.73. The molecule has 0 unspecified atom stereocenters. The van der Waals surface area contributed by atoms with Gasteiger partial charge in [-0.3, -0.25) is 0 Å². The summed E-state index contributed by atoms with van der Waals surface area (Å²) in [6.07, 6.45) is 6.03. The van der Waals surface area contributed by atoms with Gasteiger partial charge in [0.15, 0.2) is 0 Å². The van der Waals surface area contributed by atoms with Gasteiger partial charge in [-0.15, -0.1) is 0 Å². The summed E-state index contributed by atoms with van der Waals surface area (Å²) in [5.74, 6) is 0.342. The van der Waals surface area contributed by atoms with Crippen molar-refractivity contribution in [3.63, 3.8) is 0 Å². The van der Waals surface area contributed by atoms with Crippen molar-refractivity contribution < 1.29 is 19.0 Å². The molecule has 8 nitrogen and oxygen atoms in total. The number of amides is 1. The third-order valence-electron chi connectivity index (χ3n) is 6.74. The van der Waals surface area contributed by atoms with Crippen LogP contribution in [0.25, 0.3) is 0 Å². The molecule has 0 aliphatic carbocycles. The van der Waals surface area contributed by atoms with Crippen molar-refractivity contribution in [3.05, 3.63) is 17.5 Å². The molecule has 2 aliphatic heterocycles. The van der Waals surface area contributed by atoms with Crippen LogP contribution >= 0.6 is 0 Å². The molecule has 3 rings (SSSR count). The summed E-state index contributed by atoms with van der Waals surface area (Å²) in [7, 11) is -1.08. The van der Waals surface area contributed by atoms with Crippen molar-refractivity contribution in [2.45, 2.75) is 109 Å². The van der Waals surface area contributed by atoms with Gasteiger partial charge >= 0.3 is 6.09 Å². The van der Waals surface area contributed by atoms with E-state index in [1.54, 1.807) is 4.90 Å². The Hall–Kier alpha value is -1.42. The maximum absolute atomic E-state index is 12.3. The minimum absolute atomic E-state index is 0.177. The Balaban J connectivity index is 1.48. The zero-order chi connectivity index (χ0) is 25.6. The average Bonchev–Trinajstić information content (AvgIpc) is 3.14. The number of aryl methyl sites for hydroxylation is 1. The summed E-state index contributed by atoms with van der Waals surface area (Å²) in [5, 5.41) is 8.60. The van der Waals surface area contributed by atoms with Gasteiger partial charge in [0.2, 0.25) is 0 Å². The van der Waals surface area contributed by atoms with Crippen molar-refractivity contribution in [3.8, 4) is 0 Å². The Morgan fingerprint density at radius 2 is 1.91 bits per heavy atom. The first kappa shape index (κ1) is 28.2. The molecule has 2 saturated heterocycles. The largest absolute Gasteiger partial charge is 0.444 e. The quantitative estimate of drug-likeness (QED) is 0.383. The Kier molecular flexibility index (Phi) is 9.82. The van der Waals surface area contributed by atoms with E-state index in [0.717, 1.165) is 38.8 Å². The molecule has 0 saturated carbocycles. The molecule has 0 aromatic carbocycles. The first-order chi connectivity index (χ1) is 16.4. The second kappa shape index (κ2) is 12.2. The summed E-state index contributed by atoms with van der Waals surface area (Å²) in [5.41, 5.74) is 1.93. The van der Waals surface area contributed by atoms with Crippen molar-refractivity contribution in [1.29, 1.82) is 0 Å². The van der Waals surface area contributed by atoms with E-state index in [9.17, 15) is 4.79 Å². The monoisotopic (exact) mass is 508 g/mol. The van der Waals surface area contributed by atoms with Crippen molar-refractivity contribution >= 4 is 14.2 Å². The van der Waals surface area contributed by atoms with Crippen LogP contribution in [0.3, 0.4) is 0 Å². The standard InChI is InChI=1S/C26H48N4O4Si/c1-20-17-30(19-32-15-16-35(5,6)7)28-24(20)22-9-8-12-27-23(22)18-33-21-10-13-29(14-11-21)25(31)34-26(2,3)4/h17,21-23,27H,8-16,18-19H2,1-7H3/t22-,23-/m0/s1. The fourth-order valence-corrected chi connectivity index (χ4v) is 5.49. The normalized spacial score (nSPS) is 22.4. The zero-order valence-electron chi connectivity index (χ0n) is 23.1. The van der Waals surface area contributed by atoms with Gasteiger partial charge in [0.25, 0.3) is 0 Å². The van der Waals surface area contributed by atoms with Crippen LogP contribution in [0.1, 0.15) is 63.6 Å². The van der Waals surface area contributed by atoms with Gasteiger partial charge in [-0.2, -0.15) is 5.10 Å². The first-order valence-corrected chi connectivity index (χ1v) is 17.1. The maximum Gasteiger partial charge on any atom is 0.410 e. The third-order valence-corrected chi connectivity index (χ3v) is 8.45. The first-order valence-electron chi connectivity index (χ1n) is 13.4. The van der Waals surface area contributed by atoms with Crippen LogP contribution in [-0.2, 0) is 20.9 Å². The number of carbonyl (C=O) groups excluding carboxylic acids is 1. The van der Waals surface area contributed by atoms with Crippen LogP contribution < -0.4 is 5.32 Å². The number of piperidine rings is 2. The molecule has 2 aliphatic rings. The SMILES string of the molecule is Cc1cn(COCC[Si](C)(C)C)nc1[C@H]1CCCN[C@H]1COC1CCN(C(=O)OC(C)(C)C)CC1. The molecule has 2 atom stereocenters. The zero-order valence-corrected chi connectivity index (χ0v) is 24.1. The van der Waals surface area contributed by atoms with Crippen LogP contribution in [0.5, 0.6) is 0 Å². The van der Waals surface area contributed by atoms with E-state index >= 15 is 0 Å². The number of rotatable bonds is 9.